The van der Waals surface area contributed by atoms with Crippen molar-refractivity contribution in [3.63, 3.8) is 0 Å². The average Bonchev–Trinajstić information content (AvgIpc) is 2.45. The van der Waals surface area contributed by atoms with E-state index in [1.54, 1.807) is 0 Å². The van der Waals surface area contributed by atoms with Crippen LogP contribution in [-0.4, -0.2) is 20.3 Å². The summed E-state index contributed by atoms with van der Waals surface area (Å²) in [5.41, 5.74) is 1.21. The van der Waals surface area contributed by atoms with E-state index in [0.717, 1.165) is 18.0 Å². The van der Waals surface area contributed by atoms with Gasteiger partial charge in [-0.05, 0) is 65.5 Å². The van der Waals surface area contributed by atoms with Gasteiger partial charge in [0.15, 0.2) is 0 Å². The minimum atomic E-state index is 0.536. The summed E-state index contributed by atoms with van der Waals surface area (Å²) >= 11 is 2.27. The van der Waals surface area contributed by atoms with Gasteiger partial charge in [0, 0.05) is 10.1 Å². The van der Waals surface area contributed by atoms with Crippen molar-refractivity contribution in [2.75, 3.05) is 20.3 Å². The molecule has 0 aliphatic carbocycles. The number of hydrogen-bond acceptors (Lipinski definition) is 3. The Morgan fingerprint density at radius 3 is 2.25 bits per heavy atom. The summed E-state index contributed by atoms with van der Waals surface area (Å²) in [4.78, 5) is 0. The Labute approximate surface area is 133 Å². The van der Waals surface area contributed by atoms with Gasteiger partial charge < -0.3 is 14.8 Å². The summed E-state index contributed by atoms with van der Waals surface area (Å²) in [5.74, 6) is 1.76. The molecular formula is C16H18INO2. The Kier molecular flexibility index (Phi) is 6.14. The van der Waals surface area contributed by atoms with Gasteiger partial charge in [-0.1, -0.05) is 18.2 Å². The van der Waals surface area contributed by atoms with Crippen molar-refractivity contribution in [1.29, 1.82) is 0 Å². The van der Waals surface area contributed by atoms with E-state index in [1.807, 2.05) is 49.5 Å². The summed E-state index contributed by atoms with van der Waals surface area (Å²) in [6.45, 7) is 1.92. The lowest BCUT2D eigenvalue weighted by Crippen LogP contribution is -2.09. The molecule has 0 saturated carbocycles. The number of rotatable bonds is 7. The SMILES string of the molecule is CNCc1cccc(OCCOc2cccc(I)c2)c1. The van der Waals surface area contributed by atoms with Crippen LogP contribution in [0.2, 0.25) is 0 Å². The van der Waals surface area contributed by atoms with E-state index in [-0.39, 0.29) is 0 Å². The maximum atomic E-state index is 5.69. The largest absolute Gasteiger partial charge is 0.490 e. The minimum Gasteiger partial charge on any atom is -0.490 e. The lowest BCUT2D eigenvalue weighted by molar-refractivity contribution is 0.217. The molecule has 1 N–H and O–H groups in total. The van der Waals surface area contributed by atoms with Crippen LogP contribution in [-0.2, 0) is 6.54 Å². The van der Waals surface area contributed by atoms with Gasteiger partial charge in [-0.2, -0.15) is 0 Å². The van der Waals surface area contributed by atoms with E-state index in [0.29, 0.717) is 13.2 Å². The normalized spacial score (nSPS) is 10.3. The van der Waals surface area contributed by atoms with Crippen molar-refractivity contribution in [3.05, 3.63) is 57.7 Å². The van der Waals surface area contributed by atoms with Crippen molar-refractivity contribution in [3.8, 4) is 11.5 Å². The van der Waals surface area contributed by atoms with E-state index < -0.39 is 0 Å². The highest BCUT2D eigenvalue weighted by Crippen LogP contribution is 2.15. The smallest absolute Gasteiger partial charge is 0.122 e. The standard InChI is InChI=1S/C16H18INO2/c1-18-12-13-4-2-6-15(10-13)19-8-9-20-16-7-3-5-14(17)11-16/h2-7,10-11,18H,8-9,12H2,1H3. The maximum Gasteiger partial charge on any atom is 0.122 e. The molecule has 0 aromatic heterocycles. The van der Waals surface area contributed by atoms with Crippen molar-refractivity contribution in [1.82, 2.24) is 5.32 Å². The molecule has 0 saturated heterocycles. The second-order valence-electron chi connectivity index (χ2n) is 4.33. The zero-order chi connectivity index (χ0) is 14.2. The van der Waals surface area contributed by atoms with Crippen LogP contribution < -0.4 is 14.8 Å². The summed E-state index contributed by atoms with van der Waals surface area (Å²) in [7, 11) is 1.93. The first-order chi connectivity index (χ1) is 9.78. The average molecular weight is 383 g/mol. The molecule has 0 bridgehead atoms. The fourth-order valence-corrected chi connectivity index (χ4v) is 2.34. The Balaban J connectivity index is 1.77. The molecule has 2 aromatic carbocycles. The van der Waals surface area contributed by atoms with Crippen LogP contribution in [0.3, 0.4) is 0 Å². The lowest BCUT2D eigenvalue weighted by Gasteiger charge is -2.09. The van der Waals surface area contributed by atoms with Gasteiger partial charge >= 0.3 is 0 Å². The van der Waals surface area contributed by atoms with Gasteiger partial charge in [-0.15, -0.1) is 0 Å². The maximum absolute atomic E-state index is 5.69. The number of hydrogen-bond donors (Lipinski definition) is 1. The molecule has 0 aliphatic rings. The van der Waals surface area contributed by atoms with Crippen LogP contribution in [0.25, 0.3) is 0 Å². The molecule has 0 spiro atoms. The highest BCUT2D eigenvalue weighted by Gasteiger charge is 1.98. The van der Waals surface area contributed by atoms with Crippen molar-refractivity contribution < 1.29 is 9.47 Å². The van der Waals surface area contributed by atoms with Gasteiger partial charge in [-0.25, -0.2) is 0 Å². The van der Waals surface area contributed by atoms with Crippen LogP contribution in [0.15, 0.2) is 48.5 Å². The first-order valence-corrected chi connectivity index (χ1v) is 7.60. The number of halogens is 1. The third kappa shape index (κ3) is 5.02. The molecule has 4 heteroatoms. The molecule has 3 nitrogen and oxygen atoms in total. The van der Waals surface area contributed by atoms with E-state index >= 15 is 0 Å². The predicted octanol–water partition coefficient (Wildman–Crippen LogP) is 3.47. The van der Waals surface area contributed by atoms with Crippen molar-refractivity contribution >= 4 is 22.6 Å². The summed E-state index contributed by atoms with van der Waals surface area (Å²) in [5, 5.41) is 3.12. The van der Waals surface area contributed by atoms with E-state index in [1.165, 1.54) is 9.13 Å². The molecule has 0 heterocycles. The molecule has 2 rings (SSSR count). The van der Waals surface area contributed by atoms with Gasteiger partial charge in [0.25, 0.3) is 0 Å². The van der Waals surface area contributed by atoms with Crippen LogP contribution >= 0.6 is 22.6 Å². The highest BCUT2D eigenvalue weighted by atomic mass is 127. The summed E-state index contributed by atoms with van der Waals surface area (Å²) < 4.78 is 12.5. The molecule has 106 valence electrons. The Bertz CT molecular complexity index is 546. The van der Waals surface area contributed by atoms with Gasteiger partial charge in [0.1, 0.15) is 24.7 Å². The molecule has 0 radical (unpaired) electrons. The highest BCUT2D eigenvalue weighted by molar-refractivity contribution is 14.1. The fraction of sp³-hybridized carbons (Fsp3) is 0.250. The van der Waals surface area contributed by atoms with Gasteiger partial charge in [0.05, 0.1) is 0 Å². The Morgan fingerprint density at radius 1 is 0.950 bits per heavy atom. The molecule has 0 unspecified atom stereocenters. The first kappa shape index (κ1) is 15.1. The topological polar surface area (TPSA) is 30.5 Å². The predicted molar refractivity (Wildman–Crippen MR) is 89.4 cm³/mol. The number of ether oxygens (including phenoxy) is 2. The van der Waals surface area contributed by atoms with Gasteiger partial charge in [-0.3, -0.25) is 0 Å². The third-order valence-electron chi connectivity index (χ3n) is 2.70. The molecule has 2 aromatic rings. The number of nitrogens with one attached hydrogen (secondary N) is 1. The zero-order valence-corrected chi connectivity index (χ0v) is 13.6. The second-order valence-corrected chi connectivity index (χ2v) is 5.58. The number of benzene rings is 2. The van der Waals surface area contributed by atoms with Crippen LogP contribution in [0.5, 0.6) is 11.5 Å². The Morgan fingerprint density at radius 2 is 1.60 bits per heavy atom. The molecule has 0 fully saturated rings. The monoisotopic (exact) mass is 383 g/mol. The first-order valence-electron chi connectivity index (χ1n) is 6.52. The lowest BCUT2D eigenvalue weighted by atomic mass is 10.2. The van der Waals surface area contributed by atoms with E-state index in [2.05, 4.69) is 34.0 Å². The molecule has 0 amide bonds. The Hall–Kier alpha value is -1.27. The molecule has 0 aliphatic heterocycles. The quantitative estimate of drug-likeness (QED) is 0.587. The zero-order valence-electron chi connectivity index (χ0n) is 11.4. The van der Waals surface area contributed by atoms with Crippen LogP contribution in [0.1, 0.15) is 5.56 Å². The second kappa shape index (κ2) is 8.11. The van der Waals surface area contributed by atoms with E-state index in [9.17, 15) is 0 Å². The van der Waals surface area contributed by atoms with Crippen LogP contribution in [0.4, 0.5) is 0 Å². The van der Waals surface area contributed by atoms with E-state index in [4.69, 9.17) is 9.47 Å². The third-order valence-corrected chi connectivity index (χ3v) is 3.37. The van der Waals surface area contributed by atoms with Crippen LogP contribution in [0, 0.1) is 3.57 Å². The molecular weight excluding hydrogens is 365 g/mol. The summed E-state index contributed by atoms with van der Waals surface area (Å²) in [6.07, 6.45) is 0. The van der Waals surface area contributed by atoms with Crippen molar-refractivity contribution in [2.24, 2.45) is 0 Å². The molecule has 20 heavy (non-hydrogen) atoms. The molecule has 0 atom stereocenters. The van der Waals surface area contributed by atoms with Gasteiger partial charge in [0.2, 0.25) is 0 Å². The van der Waals surface area contributed by atoms with Crippen molar-refractivity contribution in [2.45, 2.75) is 6.54 Å². The fourth-order valence-electron chi connectivity index (χ4n) is 1.83. The minimum absolute atomic E-state index is 0.536. The summed E-state index contributed by atoms with van der Waals surface area (Å²) in [6, 6.07) is 16.1.